The van der Waals surface area contributed by atoms with Gasteiger partial charge >= 0.3 is 0 Å². The van der Waals surface area contributed by atoms with Crippen LogP contribution in [0.15, 0.2) is 47.4 Å². The highest BCUT2D eigenvalue weighted by Crippen LogP contribution is 2.27. The van der Waals surface area contributed by atoms with Crippen LogP contribution in [0.4, 0.5) is 5.69 Å². The second-order valence-corrected chi connectivity index (χ2v) is 8.47. The van der Waals surface area contributed by atoms with Gasteiger partial charge in [0.1, 0.15) is 10.6 Å². The SMILES string of the molecule is COc1ccc(C(=O)Nc2ccc(C)cc2)cc1S(=O)(=O)NC1CCCC1. The molecule has 1 amide bonds. The van der Waals surface area contributed by atoms with Crippen LogP contribution >= 0.6 is 0 Å². The normalized spacial score (nSPS) is 14.9. The number of hydrogen-bond acceptors (Lipinski definition) is 4. The minimum Gasteiger partial charge on any atom is -0.495 e. The van der Waals surface area contributed by atoms with E-state index < -0.39 is 10.0 Å². The molecule has 0 spiro atoms. The van der Waals surface area contributed by atoms with E-state index in [4.69, 9.17) is 4.74 Å². The lowest BCUT2D eigenvalue weighted by atomic mass is 10.2. The summed E-state index contributed by atoms with van der Waals surface area (Å²) in [5, 5.41) is 2.78. The van der Waals surface area contributed by atoms with Crippen molar-refractivity contribution in [3.05, 3.63) is 53.6 Å². The fraction of sp³-hybridized carbons (Fsp3) is 0.350. The molecule has 2 aromatic carbocycles. The van der Waals surface area contributed by atoms with Crippen molar-refractivity contribution in [1.29, 1.82) is 0 Å². The van der Waals surface area contributed by atoms with Gasteiger partial charge in [-0.25, -0.2) is 13.1 Å². The first kappa shape index (κ1) is 19.4. The van der Waals surface area contributed by atoms with Crippen molar-refractivity contribution in [3.8, 4) is 5.75 Å². The van der Waals surface area contributed by atoms with Gasteiger partial charge in [0.2, 0.25) is 10.0 Å². The molecule has 144 valence electrons. The van der Waals surface area contributed by atoms with Crippen LogP contribution in [0.25, 0.3) is 0 Å². The Hall–Kier alpha value is -2.38. The van der Waals surface area contributed by atoms with E-state index in [-0.39, 0.29) is 28.2 Å². The van der Waals surface area contributed by atoms with Gasteiger partial charge in [-0.1, -0.05) is 30.5 Å². The van der Waals surface area contributed by atoms with Crippen molar-refractivity contribution in [2.75, 3.05) is 12.4 Å². The lowest BCUT2D eigenvalue weighted by molar-refractivity contribution is 0.102. The molecule has 1 saturated carbocycles. The van der Waals surface area contributed by atoms with Crippen LogP contribution in [0.2, 0.25) is 0 Å². The molecule has 27 heavy (non-hydrogen) atoms. The number of carbonyl (C=O) groups excluding carboxylic acids is 1. The molecule has 0 unspecified atom stereocenters. The number of aryl methyl sites for hydroxylation is 1. The quantitative estimate of drug-likeness (QED) is 0.793. The van der Waals surface area contributed by atoms with Crippen LogP contribution in [0, 0.1) is 6.92 Å². The molecule has 1 aliphatic carbocycles. The Morgan fingerprint density at radius 1 is 1.07 bits per heavy atom. The number of rotatable bonds is 6. The van der Waals surface area contributed by atoms with E-state index in [1.165, 1.54) is 19.2 Å². The predicted molar refractivity (Wildman–Crippen MR) is 105 cm³/mol. The maximum atomic E-state index is 12.8. The minimum atomic E-state index is -3.78. The highest BCUT2D eigenvalue weighted by atomic mass is 32.2. The summed E-state index contributed by atoms with van der Waals surface area (Å²) >= 11 is 0. The topological polar surface area (TPSA) is 84.5 Å². The fourth-order valence-corrected chi connectivity index (χ4v) is 4.69. The number of methoxy groups -OCH3 is 1. The first-order valence-corrected chi connectivity index (χ1v) is 10.5. The Morgan fingerprint density at radius 3 is 2.37 bits per heavy atom. The van der Waals surface area contributed by atoms with Gasteiger partial charge in [0, 0.05) is 17.3 Å². The third kappa shape index (κ3) is 4.67. The molecule has 0 bridgehead atoms. The van der Waals surface area contributed by atoms with Gasteiger partial charge in [0.05, 0.1) is 7.11 Å². The summed E-state index contributed by atoms with van der Waals surface area (Å²) in [6.07, 6.45) is 3.69. The molecule has 2 N–H and O–H groups in total. The van der Waals surface area contributed by atoms with E-state index in [1.54, 1.807) is 18.2 Å². The summed E-state index contributed by atoms with van der Waals surface area (Å²) in [4.78, 5) is 12.5. The molecule has 7 heteroatoms. The van der Waals surface area contributed by atoms with E-state index in [0.29, 0.717) is 5.69 Å². The summed E-state index contributed by atoms with van der Waals surface area (Å²) in [5.41, 5.74) is 1.99. The third-order valence-corrected chi connectivity index (χ3v) is 6.24. The first-order valence-electron chi connectivity index (χ1n) is 8.97. The van der Waals surface area contributed by atoms with E-state index in [2.05, 4.69) is 10.0 Å². The second kappa shape index (κ2) is 8.10. The zero-order valence-corrected chi connectivity index (χ0v) is 16.3. The Bertz CT molecular complexity index is 917. The fourth-order valence-electron chi connectivity index (χ4n) is 3.19. The molecule has 0 atom stereocenters. The molecule has 1 fully saturated rings. The number of ether oxygens (including phenoxy) is 1. The number of hydrogen-bond donors (Lipinski definition) is 2. The molecule has 2 aromatic rings. The number of nitrogens with one attached hydrogen (secondary N) is 2. The van der Waals surface area contributed by atoms with Crippen molar-refractivity contribution < 1.29 is 17.9 Å². The smallest absolute Gasteiger partial charge is 0.255 e. The summed E-state index contributed by atoms with van der Waals surface area (Å²) in [5.74, 6) is -0.161. The molecule has 0 heterocycles. The van der Waals surface area contributed by atoms with Crippen LogP contribution in [0.5, 0.6) is 5.75 Å². The maximum Gasteiger partial charge on any atom is 0.255 e. The first-order chi connectivity index (χ1) is 12.9. The van der Waals surface area contributed by atoms with Crippen LogP contribution < -0.4 is 14.8 Å². The van der Waals surface area contributed by atoms with Crippen LogP contribution in [-0.2, 0) is 10.0 Å². The Balaban J connectivity index is 1.85. The molecule has 0 radical (unpaired) electrons. The number of sulfonamides is 1. The van der Waals surface area contributed by atoms with Crippen molar-refractivity contribution in [1.82, 2.24) is 4.72 Å². The molecular formula is C20H24N2O4S. The number of anilines is 1. The van der Waals surface area contributed by atoms with Gasteiger partial charge in [0.15, 0.2) is 0 Å². The molecule has 1 aliphatic rings. The van der Waals surface area contributed by atoms with Gasteiger partial charge in [0.25, 0.3) is 5.91 Å². The second-order valence-electron chi connectivity index (χ2n) is 6.79. The zero-order valence-electron chi connectivity index (χ0n) is 15.5. The van der Waals surface area contributed by atoms with Crippen molar-refractivity contribution >= 4 is 21.6 Å². The Kier molecular flexibility index (Phi) is 5.82. The van der Waals surface area contributed by atoms with Crippen molar-refractivity contribution in [3.63, 3.8) is 0 Å². The lowest BCUT2D eigenvalue weighted by Crippen LogP contribution is -2.33. The summed E-state index contributed by atoms with van der Waals surface area (Å²) in [7, 11) is -2.36. The summed E-state index contributed by atoms with van der Waals surface area (Å²) in [6.45, 7) is 1.96. The summed E-state index contributed by atoms with van der Waals surface area (Å²) in [6, 6.07) is 11.7. The molecular weight excluding hydrogens is 364 g/mol. The van der Waals surface area contributed by atoms with Crippen molar-refractivity contribution in [2.24, 2.45) is 0 Å². The number of carbonyl (C=O) groups is 1. The Labute approximate surface area is 160 Å². The lowest BCUT2D eigenvalue weighted by Gasteiger charge is -2.16. The standard InChI is InChI=1S/C20H24N2O4S/c1-14-7-10-16(11-8-14)21-20(23)15-9-12-18(26-2)19(13-15)27(24,25)22-17-5-3-4-6-17/h7-13,17,22H,3-6H2,1-2H3,(H,21,23). The predicted octanol–water partition coefficient (Wildman–Crippen LogP) is 3.48. The molecule has 3 rings (SSSR count). The van der Waals surface area contributed by atoms with Gasteiger partial charge in [-0.15, -0.1) is 0 Å². The van der Waals surface area contributed by atoms with E-state index in [1.807, 2.05) is 19.1 Å². The average molecular weight is 388 g/mol. The summed E-state index contributed by atoms with van der Waals surface area (Å²) < 4.78 is 33.6. The van der Waals surface area contributed by atoms with Gasteiger partial charge < -0.3 is 10.1 Å². The van der Waals surface area contributed by atoms with Crippen molar-refractivity contribution in [2.45, 2.75) is 43.5 Å². The van der Waals surface area contributed by atoms with Crippen LogP contribution in [-0.4, -0.2) is 27.5 Å². The van der Waals surface area contributed by atoms with Gasteiger partial charge in [-0.2, -0.15) is 0 Å². The van der Waals surface area contributed by atoms with Gasteiger partial charge in [-0.05, 0) is 50.1 Å². The number of amides is 1. The van der Waals surface area contributed by atoms with E-state index >= 15 is 0 Å². The molecule has 6 nitrogen and oxygen atoms in total. The van der Waals surface area contributed by atoms with Gasteiger partial charge in [-0.3, -0.25) is 4.79 Å². The van der Waals surface area contributed by atoms with Crippen LogP contribution in [0.1, 0.15) is 41.6 Å². The average Bonchev–Trinajstić information content (AvgIpc) is 3.15. The highest BCUT2D eigenvalue weighted by Gasteiger charge is 2.26. The number of benzene rings is 2. The third-order valence-electron chi connectivity index (χ3n) is 4.70. The zero-order chi connectivity index (χ0) is 19.4. The largest absolute Gasteiger partial charge is 0.495 e. The minimum absolute atomic E-state index is 0.0199. The van der Waals surface area contributed by atoms with E-state index in [0.717, 1.165) is 31.2 Å². The highest BCUT2D eigenvalue weighted by molar-refractivity contribution is 7.89. The molecule has 0 saturated heterocycles. The molecule has 0 aliphatic heterocycles. The van der Waals surface area contributed by atoms with Crippen LogP contribution in [0.3, 0.4) is 0 Å². The van der Waals surface area contributed by atoms with E-state index in [9.17, 15) is 13.2 Å². The monoisotopic (exact) mass is 388 g/mol. The maximum absolute atomic E-state index is 12.8. The molecule has 0 aromatic heterocycles. The Morgan fingerprint density at radius 2 is 1.74 bits per heavy atom.